The normalized spacial score (nSPS) is 51.4. The van der Waals surface area contributed by atoms with Crippen molar-refractivity contribution in [3.8, 4) is 0 Å². The van der Waals surface area contributed by atoms with Gasteiger partial charge in [0, 0.05) is 12.5 Å². The van der Waals surface area contributed by atoms with Gasteiger partial charge < -0.3 is 9.47 Å². The molecule has 136 valence electrons. The van der Waals surface area contributed by atoms with Gasteiger partial charge in [-0.15, -0.1) is 0 Å². The van der Waals surface area contributed by atoms with Crippen molar-refractivity contribution in [3.05, 3.63) is 12.2 Å². The van der Waals surface area contributed by atoms with Crippen molar-refractivity contribution in [2.24, 2.45) is 47.3 Å². The summed E-state index contributed by atoms with van der Waals surface area (Å²) in [5, 5.41) is 0. The molecule has 6 rings (SSSR count). The Bertz CT molecular complexity index is 598. The van der Waals surface area contributed by atoms with Crippen molar-refractivity contribution < 1.29 is 14.3 Å². The number of hydrogen-bond acceptors (Lipinski definition) is 3. The number of esters is 1. The number of carbonyl (C=O) groups is 1. The summed E-state index contributed by atoms with van der Waals surface area (Å²) in [7, 11) is 0. The first-order chi connectivity index (χ1) is 12.3. The second-order valence-corrected chi connectivity index (χ2v) is 9.86. The van der Waals surface area contributed by atoms with Gasteiger partial charge in [-0.3, -0.25) is 4.79 Å². The van der Waals surface area contributed by atoms with Crippen molar-refractivity contribution in [3.63, 3.8) is 0 Å². The zero-order valence-electron chi connectivity index (χ0n) is 15.1. The maximum absolute atomic E-state index is 13.3. The van der Waals surface area contributed by atoms with E-state index in [0.29, 0.717) is 11.8 Å². The van der Waals surface area contributed by atoms with E-state index < -0.39 is 0 Å². The van der Waals surface area contributed by atoms with Crippen LogP contribution in [0.3, 0.4) is 0 Å². The lowest BCUT2D eigenvalue weighted by Crippen LogP contribution is -2.44. The van der Waals surface area contributed by atoms with Crippen LogP contribution in [0.2, 0.25) is 0 Å². The van der Waals surface area contributed by atoms with Gasteiger partial charge in [0.05, 0.1) is 12.5 Å². The number of rotatable bonds is 3. The first-order valence-corrected chi connectivity index (χ1v) is 10.7. The monoisotopic (exact) mass is 342 g/mol. The number of hydrogen-bond donors (Lipinski definition) is 0. The summed E-state index contributed by atoms with van der Waals surface area (Å²) in [5.74, 6) is 5.49. The highest BCUT2D eigenvalue weighted by Crippen LogP contribution is 2.67. The highest BCUT2D eigenvalue weighted by atomic mass is 16.6. The van der Waals surface area contributed by atoms with Crippen LogP contribution in [-0.2, 0) is 14.3 Å². The lowest BCUT2D eigenvalue weighted by molar-refractivity contribution is -0.174. The minimum atomic E-state index is -0.191. The molecule has 3 nitrogen and oxygen atoms in total. The molecule has 4 saturated carbocycles. The van der Waals surface area contributed by atoms with Crippen LogP contribution >= 0.6 is 0 Å². The molecular formula is C22H30O3. The van der Waals surface area contributed by atoms with Crippen molar-refractivity contribution in [2.45, 2.75) is 57.0 Å². The highest BCUT2D eigenvalue weighted by molar-refractivity contribution is 5.74. The molecule has 8 unspecified atom stereocenters. The third kappa shape index (κ3) is 2.05. The standard InChI is InChI=1S/C22H30O3/c23-21(25-22(6-1-2-7-22)16-5-8-24-12-16)18-11-15-10-17(18)20-14-4-3-13(9-14)19(15)20/h3-4,13-20H,1-2,5-12H2. The van der Waals surface area contributed by atoms with Crippen LogP contribution in [0.25, 0.3) is 0 Å². The Morgan fingerprint density at radius 3 is 2.60 bits per heavy atom. The van der Waals surface area contributed by atoms with E-state index in [1.807, 2.05) is 0 Å². The molecule has 8 atom stereocenters. The number of carbonyl (C=O) groups excluding carboxylic acids is 1. The quantitative estimate of drug-likeness (QED) is 0.442. The fourth-order valence-corrected chi connectivity index (χ4v) is 8.08. The van der Waals surface area contributed by atoms with Crippen LogP contribution in [0.15, 0.2) is 12.2 Å². The van der Waals surface area contributed by atoms with E-state index in [1.54, 1.807) is 0 Å². The molecule has 0 aromatic rings. The Labute approximate surface area is 150 Å². The molecule has 6 aliphatic rings. The van der Waals surface area contributed by atoms with E-state index in [2.05, 4.69) is 12.2 Å². The van der Waals surface area contributed by atoms with E-state index in [4.69, 9.17) is 9.47 Å². The SMILES string of the molecule is O=C(OC1(C2CCOC2)CCCC1)C1CC2CC1C1C3C=CC(C3)C21. The molecule has 1 heterocycles. The van der Waals surface area contributed by atoms with Crippen molar-refractivity contribution in [1.29, 1.82) is 0 Å². The van der Waals surface area contributed by atoms with E-state index >= 15 is 0 Å². The van der Waals surface area contributed by atoms with Gasteiger partial charge in [0.1, 0.15) is 5.60 Å². The highest BCUT2D eigenvalue weighted by Gasteiger charge is 2.63. The van der Waals surface area contributed by atoms with Crippen LogP contribution in [0.4, 0.5) is 0 Å². The molecule has 4 bridgehead atoms. The zero-order chi connectivity index (χ0) is 16.6. The second kappa shape index (κ2) is 5.34. The Morgan fingerprint density at radius 1 is 1.04 bits per heavy atom. The molecular weight excluding hydrogens is 312 g/mol. The van der Waals surface area contributed by atoms with Crippen molar-refractivity contribution >= 4 is 5.97 Å². The fraction of sp³-hybridized carbons (Fsp3) is 0.864. The molecule has 0 amide bonds. The van der Waals surface area contributed by atoms with Crippen LogP contribution in [0.1, 0.15) is 51.4 Å². The van der Waals surface area contributed by atoms with Crippen molar-refractivity contribution in [1.82, 2.24) is 0 Å². The lowest BCUT2D eigenvalue weighted by atomic mass is 9.69. The maximum Gasteiger partial charge on any atom is 0.309 e. The largest absolute Gasteiger partial charge is 0.458 e. The summed E-state index contributed by atoms with van der Waals surface area (Å²) in [6.45, 7) is 1.64. The van der Waals surface area contributed by atoms with Crippen LogP contribution in [-0.4, -0.2) is 24.8 Å². The summed E-state index contributed by atoms with van der Waals surface area (Å²) >= 11 is 0. The van der Waals surface area contributed by atoms with Crippen molar-refractivity contribution in [2.75, 3.05) is 13.2 Å². The number of allylic oxidation sites excluding steroid dienone is 2. The Hall–Kier alpha value is -0.830. The first kappa shape index (κ1) is 15.2. The molecule has 0 N–H and O–H groups in total. The van der Waals surface area contributed by atoms with Gasteiger partial charge in [-0.25, -0.2) is 0 Å². The first-order valence-electron chi connectivity index (χ1n) is 10.7. The Kier molecular flexibility index (Phi) is 3.26. The smallest absolute Gasteiger partial charge is 0.309 e. The van der Waals surface area contributed by atoms with E-state index in [0.717, 1.165) is 68.5 Å². The number of ether oxygens (including phenoxy) is 2. The molecule has 5 fully saturated rings. The molecule has 25 heavy (non-hydrogen) atoms. The summed E-state index contributed by atoms with van der Waals surface area (Å²) in [6.07, 6.45) is 14.3. The molecule has 0 aromatic heterocycles. The Balaban J connectivity index is 1.21. The minimum absolute atomic E-state index is 0.159. The van der Waals surface area contributed by atoms with Gasteiger partial charge >= 0.3 is 5.97 Å². The van der Waals surface area contributed by atoms with Gasteiger partial charge in [0.25, 0.3) is 0 Å². The van der Waals surface area contributed by atoms with Gasteiger partial charge in [0.15, 0.2) is 0 Å². The zero-order valence-corrected chi connectivity index (χ0v) is 15.1. The van der Waals surface area contributed by atoms with Crippen LogP contribution in [0, 0.1) is 47.3 Å². The van der Waals surface area contributed by atoms with E-state index in [-0.39, 0.29) is 17.5 Å². The third-order valence-electron chi connectivity index (χ3n) is 9.00. The summed E-state index contributed by atoms with van der Waals surface area (Å²) in [4.78, 5) is 13.3. The van der Waals surface area contributed by atoms with Gasteiger partial charge in [0.2, 0.25) is 0 Å². The Morgan fingerprint density at radius 2 is 1.84 bits per heavy atom. The van der Waals surface area contributed by atoms with Gasteiger partial charge in [-0.2, -0.15) is 0 Å². The third-order valence-corrected chi connectivity index (χ3v) is 9.00. The van der Waals surface area contributed by atoms with Gasteiger partial charge in [-0.1, -0.05) is 12.2 Å². The molecule has 1 aliphatic heterocycles. The molecule has 3 heteroatoms. The topological polar surface area (TPSA) is 35.5 Å². The molecule has 0 aromatic carbocycles. The van der Waals surface area contributed by atoms with Crippen LogP contribution < -0.4 is 0 Å². The summed E-state index contributed by atoms with van der Waals surface area (Å²) < 4.78 is 12.1. The van der Waals surface area contributed by atoms with Crippen LogP contribution in [0.5, 0.6) is 0 Å². The van der Waals surface area contributed by atoms with Gasteiger partial charge in [-0.05, 0) is 86.9 Å². The maximum atomic E-state index is 13.3. The fourth-order valence-electron chi connectivity index (χ4n) is 8.08. The summed E-state index contributed by atoms with van der Waals surface area (Å²) in [6, 6.07) is 0. The predicted molar refractivity (Wildman–Crippen MR) is 93.6 cm³/mol. The average molecular weight is 342 g/mol. The lowest BCUT2D eigenvalue weighted by Gasteiger charge is -2.39. The molecule has 1 saturated heterocycles. The van der Waals surface area contributed by atoms with E-state index in [1.165, 1.54) is 25.7 Å². The molecule has 0 spiro atoms. The molecule has 5 aliphatic carbocycles. The average Bonchev–Trinajstić information content (AvgIpc) is 3.45. The molecule has 0 radical (unpaired) electrons. The van der Waals surface area contributed by atoms with E-state index in [9.17, 15) is 4.79 Å². The summed E-state index contributed by atoms with van der Waals surface area (Å²) in [5.41, 5.74) is -0.191. The number of fused-ring (bicyclic) bond motifs is 9. The predicted octanol–water partition coefficient (Wildman–Crippen LogP) is 3.97. The minimum Gasteiger partial charge on any atom is -0.458 e. The second-order valence-electron chi connectivity index (χ2n) is 9.86.